The molecule has 0 aliphatic carbocycles. The van der Waals surface area contributed by atoms with E-state index in [0.717, 1.165) is 17.3 Å². The number of benzene rings is 1. The van der Waals surface area contributed by atoms with Gasteiger partial charge in [-0.25, -0.2) is 4.39 Å². The van der Waals surface area contributed by atoms with Crippen LogP contribution in [0.1, 0.15) is 23.0 Å². The second kappa shape index (κ2) is 5.68. The zero-order chi connectivity index (χ0) is 13.0. The summed E-state index contributed by atoms with van der Waals surface area (Å²) in [6.07, 6.45) is 1.45. The molecule has 0 unspecified atom stereocenters. The number of nitrogens with zero attached hydrogens (tertiary/aromatic N) is 3. The number of aromatic nitrogens is 2. The number of amides is 1. The highest BCUT2D eigenvalue weighted by molar-refractivity contribution is 6.99. The van der Waals surface area contributed by atoms with E-state index in [1.54, 1.807) is 17.0 Å². The van der Waals surface area contributed by atoms with Crippen LogP contribution in [0.2, 0.25) is 0 Å². The molecular formula is C12H12FN3OS. The molecule has 0 aliphatic heterocycles. The van der Waals surface area contributed by atoms with Crippen molar-refractivity contribution in [2.75, 3.05) is 6.54 Å². The SMILES string of the molecule is CCN(Cc1cccc(F)c1)C(=O)c1cnsn1. The summed E-state index contributed by atoms with van der Waals surface area (Å²) in [6, 6.07) is 6.23. The van der Waals surface area contributed by atoms with E-state index in [-0.39, 0.29) is 11.7 Å². The normalized spacial score (nSPS) is 10.3. The molecule has 94 valence electrons. The molecule has 2 rings (SSSR count). The van der Waals surface area contributed by atoms with Gasteiger partial charge in [0, 0.05) is 13.1 Å². The molecule has 0 bridgehead atoms. The minimum atomic E-state index is -0.300. The van der Waals surface area contributed by atoms with Gasteiger partial charge < -0.3 is 4.90 Å². The quantitative estimate of drug-likeness (QED) is 0.852. The summed E-state index contributed by atoms with van der Waals surface area (Å²) in [7, 11) is 0. The molecule has 2 aromatic rings. The average Bonchev–Trinajstić information content (AvgIpc) is 2.89. The zero-order valence-corrected chi connectivity index (χ0v) is 10.7. The Kier molecular flexibility index (Phi) is 3.99. The summed E-state index contributed by atoms with van der Waals surface area (Å²) in [5.74, 6) is -0.484. The highest BCUT2D eigenvalue weighted by Crippen LogP contribution is 2.10. The fourth-order valence-corrected chi connectivity index (χ4v) is 2.01. The predicted octanol–water partition coefficient (Wildman–Crippen LogP) is 2.34. The van der Waals surface area contributed by atoms with Crippen molar-refractivity contribution in [3.8, 4) is 0 Å². The van der Waals surface area contributed by atoms with Crippen LogP contribution in [0.25, 0.3) is 0 Å². The van der Waals surface area contributed by atoms with E-state index >= 15 is 0 Å². The van der Waals surface area contributed by atoms with Crippen molar-refractivity contribution < 1.29 is 9.18 Å². The third-order valence-electron chi connectivity index (χ3n) is 2.51. The Balaban J connectivity index is 2.12. The van der Waals surface area contributed by atoms with Gasteiger partial charge in [0.1, 0.15) is 5.82 Å². The van der Waals surface area contributed by atoms with E-state index in [9.17, 15) is 9.18 Å². The maximum absolute atomic E-state index is 13.1. The summed E-state index contributed by atoms with van der Waals surface area (Å²) >= 11 is 0.997. The van der Waals surface area contributed by atoms with Crippen LogP contribution < -0.4 is 0 Å². The number of carbonyl (C=O) groups excluding carboxylic acids is 1. The topological polar surface area (TPSA) is 46.1 Å². The molecular weight excluding hydrogens is 253 g/mol. The first-order chi connectivity index (χ1) is 8.70. The summed E-state index contributed by atoms with van der Waals surface area (Å²) < 4.78 is 20.8. The maximum Gasteiger partial charge on any atom is 0.275 e. The lowest BCUT2D eigenvalue weighted by Crippen LogP contribution is -2.30. The number of halogens is 1. The molecule has 6 heteroatoms. The van der Waals surface area contributed by atoms with Crippen LogP contribution in [0.4, 0.5) is 4.39 Å². The summed E-state index contributed by atoms with van der Waals surface area (Å²) in [4.78, 5) is 13.7. The van der Waals surface area contributed by atoms with Gasteiger partial charge in [-0.2, -0.15) is 8.75 Å². The first-order valence-electron chi connectivity index (χ1n) is 5.52. The largest absolute Gasteiger partial charge is 0.333 e. The van der Waals surface area contributed by atoms with E-state index in [2.05, 4.69) is 8.75 Å². The van der Waals surface area contributed by atoms with Gasteiger partial charge in [-0.15, -0.1) is 0 Å². The Labute approximate surface area is 108 Å². The van der Waals surface area contributed by atoms with Gasteiger partial charge in [-0.1, -0.05) is 12.1 Å². The first kappa shape index (κ1) is 12.6. The van der Waals surface area contributed by atoms with Crippen molar-refractivity contribution >= 4 is 17.6 Å². The molecule has 1 heterocycles. The van der Waals surface area contributed by atoms with Gasteiger partial charge in [0.05, 0.1) is 17.9 Å². The van der Waals surface area contributed by atoms with Crippen molar-refractivity contribution in [3.63, 3.8) is 0 Å². The lowest BCUT2D eigenvalue weighted by molar-refractivity contribution is 0.0747. The third-order valence-corrected chi connectivity index (χ3v) is 2.99. The zero-order valence-electron chi connectivity index (χ0n) is 9.84. The highest BCUT2D eigenvalue weighted by atomic mass is 32.1. The molecule has 1 amide bonds. The molecule has 18 heavy (non-hydrogen) atoms. The number of carbonyl (C=O) groups is 1. The standard InChI is InChI=1S/C12H12FN3OS/c1-2-16(12(17)11-7-14-18-15-11)8-9-4-3-5-10(13)6-9/h3-7H,2,8H2,1H3. The number of hydrogen-bond donors (Lipinski definition) is 0. The van der Waals surface area contributed by atoms with E-state index in [1.165, 1.54) is 18.3 Å². The smallest absolute Gasteiger partial charge is 0.275 e. The number of rotatable bonds is 4. The van der Waals surface area contributed by atoms with Crippen molar-refractivity contribution in [3.05, 3.63) is 47.5 Å². The van der Waals surface area contributed by atoms with Crippen LogP contribution in [-0.4, -0.2) is 26.1 Å². The van der Waals surface area contributed by atoms with E-state index < -0.39 is 0 Å². The molecule has 4 nitrogen and oxygen atoms in total. The Hall–Kier alpha value is -1.82. The van der Waals surface area contributed by atoms with Gasteiger partial charge in [0.25, 0.3) is 5.91 Å². The Bertz CT molecular complexity index is 530. The van der Waals surface area contributed by atoms with E-state index in [0.29, 0.717) is 18.8 Å². The second-order valence-electron chi connectivity index (χ2n) is 3.74. The summed E-state index contributed by atoms with van der Waals surface area (Å²) in [5.41, 5.74) is 1.09. The maximum atomic E-state index is 13.1. The molecule has 0 aliphatic rings. The Morgan fingerprint density at radius 1 is 1.50 bits per heavy atom. The van der Waals surface area contributed by atoms with Crippen LogP contribution in [0.15, 0.2) is 30.5 Å². The van der Waals surface area contributed by atoms with Crippen molar-refractivity contribution in [1.29, 1.82) is 0 Å². The van der Waals surface area contributed by atoms with Gasteiger partial charge >= 0.3 is 0 Å². The van der Waals surface area contributed by atoms with Crippen molar-refractivity contribution in [1.82, 2.24) is 13.6 Å². The minimum Gasteiger partial charge on any atom is -0.333 e. The molecule has 0 saturated heterocycles. The molecule has 0 radical (unpaired) electrons. The van der Waals surface area contributed by atoms with Gasteiger partial charge in [0.15, 0.2) is 5.69 Å². The second-order valence-corrected chi connectivity index (χ2v) is 4.30. The van der Waals surface area contributed by atoms with Crippen LogP contribution >= 0.6 is 11.7 Å². The molecule has 0 spiro atoms. The molecule has 1 aromatic carbocycles. The van der Waals surface area contributed by atoms with Crippen LogP contribution in [0.3, 0.4) is 0 Å². The fraction of sp³-hybridized carbons (Fsp3) is 0.250. The van der Waals surface area contributed by atoms with Gasteiger partial charge in [-0.3, -0.25) is 4.79 Å². The van der Waals surface area contributed by atoms with Crippen LogP contribution in [0.5, 0.6) is 0 Å². The highest BCUT2D eigenvalue weighted by Gasteiger charge is 2.16. The van der Waals surface area contributed by atoms with Gasteiger partial charge in [-0.05, 0) is 24.6 Å². The minimum absolute atomic E-state index is 0.185. The van der Waals surface area contributed by atoms with Crippen LogP contribution in [0, 0.1) is 5.82 Å². The summed E-state index contributed by atoms with van der Waals surface area (Å²) in [6.45, 7) is 2.77. The van der Waals surface area contributed by atoms with Crippen LogP contribution in [-0.2, 0) is 6.54 Å². The molecule has 0 N–H and O–H groups in total. The Morgan fingerprint density at radius 3 is 2.94 bits per heavy atom. The molecule has 0 fully saturated rings. The molecule has 0 atom stereocenters. The third kappa shape index (κ3) is 2.89. The van der Waals surface area contributed by atoms with E-state index in [4.69, 9.17) is 0 Å². The molecule has 1 aromatic heterocycles. The lowest BCUT2D eigenvalue weighted by atomic mass is 10.2. The summed E-state index contributed by atoms with van der Waals surface area (Å²) in [5, 5.41) is 0. The van der Waals surface area contributed by atoms with Gasteiger partial charge in [0.2, 0.25) is 0 Å². The fourth-order valence-electron chi connectivity index (χ4n) is 1.60. The van der Waals surface area contributed by atoms with E-state index in [1.807, 2.05) is 6.92 Å². The Morgan fingerprint density at radius 2 is 2.33 bits per heavy atom. The predicted molar refractivity (Wildman–Crippen MR) is 66.7 cm³/mol. The van der Waals surface area contributed by atoms with Crippen molar-refractivity contribution in [2.24, 2.45) is 0 Å². The monoisotopic (exact) mass is 265 g/mol. The lowest BCUT2D eigenvalue weighted by Gasteiger charge is -2.19. The van der Waals surface area contributed by atoms with Crippen molar-refractivity contribution in [2.45, 2.75) is 13.5 Å². The first-order valence-corrected chi connectivity index (χ1v) is 6.25. The molecule has 0 saturated carbocycles. The average molecular weight is 265 g/mol. The number of hydrogen-bond acceptors (Lipinski definition) is 4.